The van der Waals surface area contributed by atoms with Crippen molar-refractivity contribution >= 4 is 23.3 Å². The van der Waals surface area contributed by atoms with E-state index in [9.17, 15) is 4.79 Å². The van der Waals surface area contributed by atoms with Crippen molar-refractivity contribution in [2.75, 3.05) is 32.2 Å². The fourth-order valence-corrected chi connectivity index (χ4v) is 1.98. The lowest BCUT2D eigenvalue weighted by molar-refractivity contribution is -0.0924. The van der Waals surface area contributed by atoms with E-state index < -0.39 is 5.97 Å². The van der Waals surface area contributed by atoms with Gasteiger partial charge in [0.25, 0.3) is 0 Å². The van der Waals surface area contributed by atoms with Crippen LogP contribution in [-0.4, -0.2) is 32.8 Å². The van der Waals surface area contributed by atoms with Gasteiger partial charge >= 0.3 is 5.97 Å². The number of halogens is 1. The Balaban J connectivity index is 2.13. The number of hydrogen-bond acceptors (Lipinski definition) is 4. The molecule has 5 heteroatoms. The molecule has 0 unspecified atom stereocenters. The maximum absolute atomic E-state index is 11.6. The number of hydrogen-bond donors (Lipinski definition) is 1. The van der Waals surface area contributed by atoms with E-state index in [-0.39, 0.29) is 5.41 Å². The molecule has 0 saturated carbocycles. The van der Waals surface area contributed by atoms with Crippen molar-refractivity contribution in [3.8, 4) is 0 Å². The van der Waals surface area contributed by atoms with E-state index in [0.29, 0.717) is 10.6 Å². The number of ether oxygens (including phenoxy) is 2. The van der Waals surface area contributed by atoms with Crippen LogP contribution in [0.15, 0.2) is 18.2 Å². The van der Waals surface area contributed by atoms with E-state index in [0.717, 1.165) is 25.4 Å². The molecule has 0 amide bonds. The first-order valence-corrected chi connectivity index (χ1v) is 6.11. The van der Waals surface area contributed by atoms with E-state index in [1.54, 1.807) is 18.2 Å². The van der Waals surface area contributed by atoms with E-state index >= 15 is 0 Å². The zero-order valence-electron chi connectivity index (χ0n) is 10.5. The average molecular weight is 270 g/mol. The lowest BCUT2D eigenvalue weighted by atomic mass is 9.88. The maximum atomic E-state index is 11.6. The summed E-state index contributed by atoms with van der Waals surface area (Å²) in [5.74, 6) is -0.394. The minimum atomic E-state index is -0.394. The second kappa shape index (κ2) is 5.16. The number of carbonyl (C=O) groups is 1. The van der Waals surface area contributed by atoms with Crippen LogP contribution in [0, 0.1) is 5.41 Å². The zero-order chi connectivity index (χ0) is 13.2. The van der Waals surface area contributed by atoms with Gasteiger partial charge in [0.05, 0.1) is 25.9 Å². The summed E-state index contributed by atoms with van der Waals surface area (Å²) >= 11 is 5.89. The molecule has 1 aliphatic rings. The normalized spacial score (nSPS) is 16.8. The zero-order valence-corrected chi connectivity index (χ0v) is 11.2. The molecule has 1 aliphatic heterocycles. The lowest BCUT2D eigenvalue weighted by Gasteiger charge is -2.38. The summed E-state index contributed by atoms with van der Waals surface area (Å²) in [6, 6.07) is 5.14. The average Bonchev–Trinajstić information content (AvgIpc) is 2.34. The van der Waals surface area contributed by atoms with Gasteiger partial charge in [-0.1, -0.05) is 18.5 Å². The molecule has 0 atom stereocenters. The summed E-state index contributed by atoms with van der Waals surface area (Å²) in [4.78, 5) is 11.6. The SMILES string of the molecule is COC(=O)c1cc(Cl)ccc1NCC1(C)COC1. The minimum absolute atomic E-state index is 0.132. The number of rotatable bonds is 4. The molecule has 0 bridgehead atoms. The standard InChI is InChI=1S/C13H16ClNO3/c1-13(7-18-8-13)6-15-11-4-3-9(14)5-10(11)12(16)17-2/h3-5,15H,6-8H2,1-2H3. The van der Waals surface area contributed by atoms with Gasteiger partial charge in [-0.2, -0.15) is 0 Å². The molecule has 98 valence electrons. The Kier molecular flexibility index (Phi) is 3.78. The van der Waals surface area contributed by atoms with Crippen LogP contribution in [0.25, 0.3) is 0 Å². The summed E-state index contributed by atoms with van der Waals surface area (Å²) in [7, 11) is 1.36. The Morgan fingerprint density at radius 2 is 2.28 bits per heavy atom. The second-order valence-corrected chi connectivity index (χ2v) is 5.27. The number of anilines is 1. The van der Waals surface area contributed by atoms with Gasteiger partial charge in [0.2, 0.25) is 0 Å². The first-order valence-electron chi connectivity index (χ1n) is 5.74. The Morgan fingerprint density at radius 1 is 1.56 bits per heavy atom. The molecular formula is C13H16ClNO3. The number of carbonyl (C=O) groups excluding carboxylic acids is 1. The Bertz CT molecular complexity index is 458. The topological polar surface area (TPSA) is 47.6 Å². The van der Waals surface area contributed by atoms with Crippen molar-refractivity contribution in [1.82, 2.24) is 0 Å². The molecule has 2 rings (SSSR count). The molecule has 1 fully saturated rings. The van der Waals surface area contributed by atoms with Gasteiger partial charge in [-0.15, -0.1) is 0 Å². The van der Waals surface area contributed by atoms with Crippen LogP contribution >= 0.6 is 11.6 Å². The second-order valence-electron chi connectivity index (χ2n) is 4.84. The number of methoxy groups -OCH3 is 1. The first-order chi connectivity index (χ1) is 8.54. The number of esters is 1. The minimum Gasteiger partial charge on any atom is -0.465 e. The van der Waals surface area contributed by atoms with Crippen LogP contribution < -0.4 is 5.32 Å². The molecule has 0 aliphatic carbocycles. The molecule has 1 aromatic rings. The first kappa shape index (κ1) is 13.2. The molecule has 1 saturated heterocycles. The largest absolute Gasteiger partial charge is 0.465 e. The van der Waals surface area contributed by atoms with Crippen LogP contribution in [0.5, 0.6) is 0 Å². The highest BCUT2D eigenvalue weighted by atomic mass is 35.5. The predicted octanol–water partition coefficient (Wildman–Crippen LogP) is 2.58. The van der Waals surface area contributed by atoms with Crippen LogP contribution in [0.3, 0.4) is 0 Å². The van der Waals surface area contributed by atoms with Gasteiger partial charge in [0.15, 0.2) is 0 Å². The van der Waals surface area contributed by atoms with Gasteiger partial charge in [-0.3, -0.25) is 0 Å². The van der Waals surface area contributed by atoms with Crippen molar-refractivity contribution < 1.29 is 14.3 Å². The van der Waals surface area contributed by atoms with Crippen LogP contribution in [0.4, 0.5) is 5.69 Å². The van der Waals surface area contributed by atoms with Crippen molar-refractivity contribution in [1.29, 1.82) is 0 Å². The fourth-order valence-electron chi connectivity index (χ4n) is 1.81. The molecule has 18 heavy (non-hydrogen) atoms. The third kappa shape index (κ3) is 2.76. The summed E-state index contributed by atoms with van der Waals surface area (Å²) in [5.41, 5.74) is 1.32. The molecule has 4 nitrogen and oxygen atoms in total. The van der Waals surface area contributed by atoms with Gasteiger partial charge in [0.1, 0.15) is 0 Å². The molecule has 1 heterocycles. The third-order valence-electron chi connectivity index (χ3n) is 2.99. The highest BCUT2D eigenvalue weighted by Gasteiger charge is 2.33. The van der Waals surface area contributed by atoms with Crippen LogP contribution in [0.1, 0.15) is 17.3 Å². The summed E-state index contributed by atoms with van der Waals surface area (Å²) in [6.07, 6.45) is 0. The summed E-state index contributed by atoms with van der Waals surface area (Å²) < 4.78 is 9.93. The molecule has 1 aromatic carbocycles. The van der Waals surface area contributed by atoms with Crippen molar-refractivity contribution in [3.63, 3.8) is 0 Å². The highest BCUT2D eigenvalue weighted by molar-refractivity contribution is 6.31. The van der Waals surface area contributed by atoms with Crippen molar-refractivity contribution in [2.24, 2.45) is 5.41 Å². The van der Waals surface area contributed by atoms with Gasteiger partial charge in [0, 0.05) is 22.7 Å². The Hall–Kier alpha value is -1.26. The highest BCUT2D eigenvalue weighted by Crippen LogP contribution is 2.28. The molecule has 0 spiro atoms. The monoisotopic (exact) mass is 269 g/mol. The predicted molar refractivity (Wildman–Crippen MR) is 70.2 cm³/mol. The number of nitrogens with one attached hydrogen (secondary N) is 1. The molecular weight excluding hydrogens is 254 g/mol. The van der Waals surface area contributed by atoms with Crippen LogP contribution in [-0.2, 0) is 9.47 Å². The van der Waals surface area contributed by atoms with Crippen LogP contribution in [0.2, 0.25) is 5.02 Å². The molecule has 0 radical (unpaired) electrons. The Morgan fingerprint density at radius 3 is 2.83 bits per heavy atom. The summed E-state index contributed by atoms with van der Waals surface area (Å²) in [5, 5.41) is 3.77. The van der Waals surface area contributed by atoms with Gasteiger partial charge < -0.3 is 14.8 Å². The number of benzene rings is 1. The maximum Gasteiger partial charge on any atom is 0.340 e. The fraction of sp³-hybridized carbons (Fsp3) is 0.462. The van der Waals surface area contributed by atoms with Crippen molar-refractivity contribution in [2.45, 2.75) is 6.92 Å². The third-order valence-corrected chi connectivity index (χ3v) is 3.23. The van der Waals surface area contributed by atoms with Gasteiger partial charge in [-0.25, -0.2) is 4.79 Å². The summed E-state index contributed by atoms with van der Waals surface area (Å²) in [6.45, 7) is 4.36. The Labute approximate surface area is 111 Å². The smallest absolute Gasteiger partial charge is 0.340 e. The van der Waals surface area contributed by atoms with E-state index in [4.69, 9.17) is 21.1 Å². The molecule has 0 aromatic heterocycles. The quantitative estimate of drug-likeness (QED) is 0.854. The van der Waals surface area contributed by atoms with E-state index in [1.807, 2.05) is 0 Å². The molecule has 1 N–H and O–H groups in total. The van der Waals surface area contributed by atoms with Crippen molar-refractivity contribution in [3.05, 3.63) is 28.8 Å². The van der Waals surface area contributed by atoms with E-state index in [2.05, 4.69) is 12.2 Å². The lowest BCUT2D eigenvalue weighted by Crippen LogP contribution is -2.45. The van der Waals surface area contributed by atoms with E-state index in [1.165, 1.54) is 7.11 Å². The van der Waals surface area contributed by atoms with Gasteiger partial charge in [-0.05, 0) is 18.2 Å².